The fraction of sp³-hybridized carbons (Fsp3) is 0.345. The molecule has 3 aromatic carbocycles. The van der Waals surface area contributed by atoms with E-state index >= 15 is 0 Å². The van der Waals surface area contributed by atoms with E-state index in [4.69, 9.17) is 19.3 Å². The van der Waals surface area contributed by atoms with Crippen molar-refractivity contribution in [2.75, 3.05) is 13.2 Å². The number of carboxylic acid groups (broad SMARTS) is 1. The van der Waals surface area contributed by atoms with Crippen molar-refractivity contribution >= 4 is 5.97 Å². The number of hydrogen-bond donors (Lipinski definition) is 1. The lowest BCUT2D eigenvalue weighted by atomic mass is 9.90. The van der Waals surface area contributed by atoms with Crippen molar-refractivity contribution in [1.29, 1.82) is 0 Å². The SMILES string of the molecule is Cc1ccc(OCC2CCCCC2)cc1-c1cccc(COc2ccc(OCC(=O)O)c(F)c2)c1. The Hall–Kier alpha value is -3.54. The minimum Gasteiger partial charge on any atom is -0.493 e. The molecule has 4 rings (SSSR count). The molecule has 0 atom stereocenters. The molecule has 1 saturated carbocycles. The van der Waals surface area contributed by atoms with Gasteiger partial charge < -0.3 is 19.3 Å². The van der Waals surface area contributed by atoms with Crippen molar-refractivity contribution in [1.82, 2.24) is 0 Å². The van der Waals surface area contributed by atoms with Crippen LogP contribution in [0, 0.1) is 18.7 Å². The van der Waals surface area contributed by atoms with Crippen molar-refractivity contribution < 1.29 is 28.5 Å². The molecule has 0 saturated heterocycles. The van der Waals surface area contributed by atoms with Gasteiger partial charge in [0.25, 0.3) is 0 Å². The third kappa shape index (κ3) is 6.98. The van der Waals surface area contributed by atoms with Gasteiger partial charge in [-0.15, -0.1) is 0 Å². The third-order valence-electron chi connectivity index (χ3n) is 6.32. The van der Waals surface area contributed by atoms with E-state index in [0.29, 0.717) is 11.7 Å². The molecule has 0 spiro atoms. The van der Waals surface area contributed by atoms with E-state index in [0.717, 1.165) is 34.6 Å². The van der Waals surface area contributed by atoms with Crippen molar-refractivity contribution in [2.24, 2.45) is 5.92 Å². The van der Waals surface area contributed by atoms with Crippen molar-refractivity contribution in [3.63, 3.8) is 0 Å². The fourth-order valence-corrected chi connectivity index (χ4v) is 4.39. The Bertz CT molecular complexity index is 1150. The van der Waals surface area contributed by atoms with Crippen LogP contribution in [0.1, 0.15) is 43.2 Å². The lowest BCUT2D eigenvalue weighted by Gasteiger charge is -2.22. The maximum Gasteiger partial charge on any atom is 0.341 e. The molecule has 0 aliphatic heterocycles. The van der Waals surface area contributed by atoms with Crippen LogP contribution in [0.25, 0.3) is 11.1 Å². The van der Waals surface area contributed by atoms with Crippen LogP contribution in [-0.2, 0) is 11.4 Å². The third-order valence-corrected chi connectivity index (χ3v) is 6.32. The molecule has 0 radical (unpaired) electrons. The maximum absolute atomic E-state index is 14.2. The van der Waals surface area contributed by atoms with Gasteiger partial charge in [-0.05, 0) is 78.3 Å². The highest BCUT2D eigenvalue weighted by molar-refractivity contribution is 5.69. The largest absolute Gasteiger partial charge is 0.493 e. The topological polar surface area (TPSA) is 65.0 Å². The van der Waals surface area contributed by atoms with Gasteiger partial charge in [0.05, 0.1) is 6.61 Å². The Kier molecular flexibility index (Phi) is 8.24. The zero-order chi connectivity index (χ0) is 24.6. The minimum absolute atomic E-state index is 0.122. The van der Waals surface area contributed by atoms with Gasteiger partial charge in [0.1, 0.15) is 18.1 Å². The van der Waals surface area contributed by atoms with Gasteiger partial charge in [-0.2, -0.15) is 0 Å². The molecule has 6 heteroatoms. The Morgan fingerprint density at radius 2 is 1.71 bits per heavy atom. The highest BCUT2D eigenvalue weighted by atomic mass is 19.1. The molecule has 0 unspecified atom stereocenters. The molecule has 3 aromatic rings. The van der Waals surface area contributed by atoms with E-state index in [1.54, 1.807) is 6.07 Å². The lowest BCUT2D eigenvalue weighted by molar-refractivity contribution is -0.139. The number of aryl methyl sites for hydroxylation is 1. The van der Waals surface area contributed by atoms with Crippen LogP contribution >= 0.6 is 0 Å². The van der Waals surface area contributed by atoms with Gasteiger partial charge in [-0.3, -0.25) is 0 Å². The average Bonchev–Trinajstić information content (AvgIpc) is 2.87. The highest BCUT2D eigenvalue weighted by Gasteiger charge is 2.14. The van der Waals surface area contributed by atoms with Crippen LogP contribution in [0.2, 0.25) is 0 Å². The van der Waals surface area contributed by atoms with Gasteiger partial charge >= 0.3 is 5.97 Å². The Morgan fingerprint density at radius 1 is 0.943 bits per heavy atom. The van der Waals surface area contributed by atoms with Crippen LogP contribution in [0.4, 0.5) is 4.39 Å². The lowest BCUT2D eigenvalue weighted by Crippen LogP contribution is -2.15. The molecular formula is C29H31FO5. The summed E-state index contributed by atoms with van der Waals surface area (Å²) in [6.07, 6.45) is 6.45. The quantitative estimate of drug-likeness (QED) is 0.347. The van der Waals surface area contributed by atoms with Crippen molar-refractivity contribution in [3.8, 4) is 28.4 Å². The molecule has 5 nitrogen and oxygen atoms in total. The molecule has 0 heterocycles. The smallest absolute Gasteiger partial charge is 0.341 e. The fourth-order valence-electron chi connectivity index (χ4n) is 4.39. The monoisotopic (exact) mass is 478 g/mol. The molecular weight excluding hydrogens is 447 g/mol. The molecule has 1 aliphatic carbocycles. The number of rotatable bonds is 10. The first-order valence-electron chi connectivity index (χ1n) is 12.1. The number of aliphatic carboxylic acids is 1. The molecule has 1 aliphatic rings. The second-order valence-corrected chi connectivity index (χ2v) is 9.06. The van der Waals surface area contributed by atoms with E-state index in [1.165, 1.54) is 44.2 Å². The molecule has 0 aromatic heterocycles. The first kappa shape index (κ1) is 24.6. The van der Waals surface area contributed by atoms with Crippen LogP contribution < -0.4 is 14.2 Å². The summed E-state index contributed by atoms with van der Waals surface area (Å²) in [6.45, 7) is 2.52. The minimum atomic E-state index is -1.17. The van der Waals surface area contributed by atoms with Crippen molar-refractivity contribution in [2.45, 2.75) is 45.6 Å². The van der Waals surface area contributed by atoms with Gasteiger partial charge in [0, 0.05) is 6.07 Å². The van der Waals surface area contributed by atoms with Crippen molar-refractivity contribution in [3.05, 3.63) is 77.6 Å². The molecule has 1 fully saturated rings. The van der Waals surface area contributed by atoms with E-state index in [9.17, 15) is 9.18 Å². The number of carboxylic acids is 1. The summed E-state index contributed by atoms with van der Waals surface area (Å²) in [4.78, 5) is 10.6. The van der Waals surface area contributed by atoms with Crippen LogP contribution in [0.3, 0.4) is 0 Å². The Morgan fingerprint density at radius 3 is 2.49 bits per heavy atom. The number of carbonyl (C=O) groups is 1. The number of ether oxygens (including phenoxy) is 3. The average molecular weight is 479 g/mol. The molecule has 0 bridgehead atoms. The summed E-state index contributed by atoms with van der Waals surface area (Å²) in [5.74, 6) is -0.0814. The first-order valence-corrected chi connectivity index (χ1v) is 12.1. The summed E-state index contributed by atoms with van der Waals surface area (Å²) >= 11 is 0. The highest BCUT2D eigenvalue weighted by Crippen LogP contribution is 2.30. The number of halogens is 1. The summed E-state index contributed by atoms with van der Waals surface area (Å²) in [5, 5.41) is 8.67. The van der Waals surface area contributed by atoms with Gasteiger partial charge in [-0.1, -0.05) is 43.5 Å². The first-order chi connectivity index (χ1) is 17.0. The van der Waals surface area contributed by atoms with Crippen LogP contribution in [0.5, 0.6) is 17.2 Å². The van der Waals surface area contributed by atoms with E-state index in [-0.39, 0.29) is 12.4 Å². The standard InChI is InChI=1S/C29H31FO5/c1-20-10-11-24(33-17-21-6-3-2-4-7-21)15-26(20)23-9-5-8-22(14-23)18-34-25-12-13-28(27(30)16-25)35-19-29(31)32/h5,8-16,21H,2-4,6-7,17-19H2,1H3,(H,31,32). The zero-order valence-corrected chi connectivity index (χ0v) is 20.0. The maximum atomic E-state index is 14.2. The number of benzene rings is 3. The summed E-state index contributed by atoms with van der Waals surface area (Å²) in [6, 6.07) is 18.4. The molecule has 35 heavy (non-hydrogen) atoms. The van der Waals surface area contributed by atoms with Crippen LogP contribution in [-0.4, -0.2) is 24.3 Å². The second-order valence-electron chi connectivity index (χ2n) is 9.06. The van der Waals surface area contributed by atoms with E-state index in [1.807, 2.05) is 18.2 Å². The molecule has 184 valence electrons. The van der Waals surface area contributed by atoms with Gasteiger partial charge in [0.15, 0.2) is 18.2 Å². The predicted molar refractivity (Wildman–Crippen MR) is 133 cm³/mol. The van der Waals surface area contributed by atoms with Gasteiger partial charge in [-0.25, -0.2) is 9.18 Å². The second kappa shape index (κ2) is 11.7. The number of hydrogen-bond acceptors (Lipinski definition) is 4. The molecule has 0 amide bonds. The van der Waals surface area contributed by atoms with E-state index in [2.05, 4.69) is 31.2 Å². The van der Waals surface area contributed by atoms with Crippen LogP contribution in [0.15, 0.2) is 60.7 Å². The van der Waals surface area contributed by atoms with Gasteiger partial charge in [0.2, 0.25) is 0 Å². The Labute approximate surface area is 205 Å². The predicted octanol–water partition coefficient (Wildman–Crippen LogP) is 6.80. The Balaban J connectivity index is 1.40. The summed E-state index contributed by atoms with van der Waals surface area (Å²) in [5.41, 5.74) is 4.28. The van der Waals surface area contributed by atoms with E-state index < -0.39 is 18.4 Å². The summed E-state index contributed by atoms with van der Waals surface area (Å²) in [7, 11) is 0. The normalized spacial score (nSPS) is 13.9. The summed E-state index contributed by atoms with van der Waals surface area (Å²) < 4.78 is 31.0. The zero-order valence-electron chi connectivity index (χ0n) is 20.0. The molecule has 1 N–H and O–H groups in total.